The number of carbonyl (C=O) groups excluding carboxylic acids is 1. The number of H-pyrrole nitrogens is 1. The van der Waals surface area contributed by atoms with Crippen LogP contribution in [0.2, 0.25) is 0 Å². The van der Waals surface area contributed by atoms with Crippen LogP contribution in [0.15, 0.2) is 24.3 Å². The van der Waals surface area contributed by atoms with E-state index in [1.807, 2.05) is 45.0 Å². The Bertz CT molecular complexity index is 669. The number of hydrogen-bond acceptors (Lipinski definition) is 4. The van der Waals surface area contributed by atoms with Gasteiger partial charge >= 0.3 is 6.03 Å². The maximum Gasteiger partial charge on any atom is 0.315 e. The number of carbonyl (C=O) groups is 1. The SMILES string of the molecule is Cc1nc(-c2cccc(CNC(=O)NCCC(O)C(C)C)c2)n[nH]1. The van der Waals surface area contributed by atoms with Crippen LogP contribution in [-0.4, -0.2) is 39.0 Å². The smallest absolute Gasteiger partial charge is 0.315 e. The minimum Gasteiger partial charge on any atom is -0.393 e. The van der Waals surface area contributed by atoms with Gasteiger partial charge in [0, 0.05) is 18.7 Å². The number of aryl methyl sites for hydroxylation is 1. The molecule has 2 amide bonds. The number of aromatic nitrogens is 3. The van der Waals surface area contributed by atoms with E-state index in [1.54, 1.807) is 0 Å². The topological polar surface area (TPSA) is 103 Å². The zero-order valence-corrected chi connectivity index (χ0v) is 14.3. The first-order chi connectivity index (χ1) is 11.5. The lowest BCUT2D eigenvalue weighted by molar-refractivity contribution is 0.116. The number of aliphatic hydroxyl groups excluding tert-OH is 1. The number of aromatic amines is 1. The average Bonchev–Trinajstić information content (AvgIpc) is 2.99. The van der Waals surface area contributed by atoms with Crippen LogP contribution in [0.25, 0.3) is 11.4 Å². The van der Waals surface area contributed by atoms with Gasteiger partial charge in [-0.2, -0.15) is 5.10 Å². The molecule has 2 rings (SSSR count). The third kappa shape index (κ3) is 5.34. The van der Waals surface area contributed by atoms with Gasteiger partial charge in [-0.15, -0.1) is 0 Å². The predicted octanol–water partition coefficient (Wildman–Crippen LogP) is 1.99. The molecule has 0 spiro atoms. The van der Waals surface area contributed by atoms with E-state index in [4.69, 9.17) is 0 Å². The second kappa shape index (κ2) is 8.44. The number of aliphatic hydroxyl groups is 1. The van der Waals surface area contributed by atoms with Gasteiger partial charge in [0.15, 0.2) is 5.82 Å². The van der Waals surface area contributed by atoms with Crippen molar-refractivity contribution in [3.63, 3.8) is 0 Å². The van der Waals surface area contributed by atoms with Crippen LogP contribution in [0, 0.1) is 12.8 Å². The number of urea groups is 1. The van der Waals surface area contributed by atoms with E-state index in [-0.39, 0.29) is 11.9 Å². The summed E-state index contributed by atoms with van der Waals surface area (Å²) < 4.78 is 0. The summed E-state index contributed by atoms with van der Waals surface area (Å²) in [5.41, 5.74) is 1.87. The van der Waals surface area contributed by atoms with Gasteiger partial charge in [-0.1, -0.05) is 32.0 Å². The molecular weight excluding hydrogens is 306 g/mol. The van der Waals surface area contributed by atoms with Gasteiger partial charge in [0.1, 0.15) is 5.82 Å². The second-order valence-electron chi connectivity index (χ2n) is 6.15. The van der Waals surface area contributed by atoms with Crippen molar-refractivity contribution in [3.8, 4) is 11.4 Å². The molecule has 0 saturated carbocycles. The fourth-order valence-electron chi connectivity index (χ4n) is 2.20. The van der Waals surface area contributed by atoms with Crippen molar-refractivity contribution in [1.82, 2.24) is 25.8 Å². The quantitative estimate of drug-likeness (QED) is 0.623. The number of benzene rings is 1. The molecule has 1 atom stereocenters. The molecule has 0 radical (unpaired) electrons. The van der Waals surface area contributed by atoms with Gasteiger partial charge in [0.2, 0.25) is 0 Å². The lowest BCUT2D eigenvalue weighted by atomic mass is 10.0. The summed E-state index contributed by atoms with van der Waals surface area (Å²) >= 11 is 0. The van der Waals surface area contributed by atoms with Crippen LogP contribution in [0.4, 0.5) is 4.79 Å². The molecule has 0 saturated heterocycles. The highest BCUT2D eigenvalue weighted by molar-refractivity contribution is 5.73. The fraction of sp³-hybridized carbons (Fsp3) is 0.471. The number of amides is 2. The van der Waals surface area contributed by atoms with Gasteiger partial charge in [-0.05, 0) is 30.9 Å². The maximum atomic E-state index is 11.8. The van der Waals surface area contributed by atoms with Crippen molar-refractivity contribution in [2.75, 3.05) is 6.54 Å². The molecule has 24 heavy (non-hydrogen) atoms. The lowest BCUT2D eigenvalue weighted by Gasteiger charge is -2.14. The minimum atomic E-state index is -0.396. The zero-order chi connectivity index (χ0) is 17.5. The van der Waals surface area contributed by atoms with E-state index in [0.717, 1.165) is 17.0 Å². The Morgan fingerprint density at radius 1 is 1.33 bits per heavy atom. The van der Waals surface area contributed by atoms with Crippen LogP contribution in [0.5, 0.6) is 0 Å². The van der Waals surface area contributed by atoms with Crippen LogP contribution in [-0.2, 0) is 6.54 Å². The summed E-state index contributed by atoms with van der Waals surface area (Å²) in [7, 11) is 0. The normalized spacial score (nSPS) is 12.2. The molecule has 7 heteroatoms. The second-order valence-corrected chi connectivity index (χ2v) is 6.15. The van der Waals surface area contributed by atoms with Gasteiger partial charge in [0.25, 0.3) is 0 Å². The van der Waals surface area contributed by atoms with Crippen LogP contribution in [0.1, 0.15) is 31.7 Å². The van der Waals surface area contributed by atoms with E-state index in [1.165, 1.54) is 0 Å². The Morgan fingerprint density at radius 3 is 2.79 bits per heavy atom. The van der Waals surface area contributed by atoms with Crippen molar-refractivity contribution in [2.24, 2.45) is 5.92 Å². The largest absolute Gasteiger partial charge is 0.393 e. The molecule has 2 aromatic rings. The van der Waals surface area contributed by atoms with Gasteiger partial charge in [-0.25, -0.2) is 9.78 Å². The molecular formula is C17H25N5O2. The summed E-state index contributed by atoms with van der Waals surface area (Å²) in [5, 5.41) is 22.2. The van der Waals surface area contributed by atoms with E-state index >= 15 is 0 Å². The highest BCUT2D eigenvalue weighted by Gasteiger charge is 2.09. The molecule has 1 aromatic heterocycles. The summed E-state index contributed by atoms with van der Waals surface area (Å²) in [6.07, 6.45) is 0.150. The van der Waals surface area contributed by atoms with Crippen molar-refractivity contribution in [3.05, 3.63) is 35.7 Å². The Hall–Kier alpha value is -2.41. The summed E-state index contributed by atoms with van der Waals surface area (Å²) in [4.78, 5) is 16.1. The van der Waals surface area contributed by atoms with Crippen molar-refractivity contribution in [1.29, 1.82) is 0 Å². The highest BCUT2D eigenvalue weighted by Crippen LogP contribution is 2.16. The van der Waals surface area contributed by atoms with Crippen molar-refractivity contribution in [2.45, 2.75) is 39.8 Å². The fourth-order valence-corrected chi connectivity index (χ4v) is 2.20. The number of nitrogens with one attached hydrogen (secondary N) is 3. The van der Waals surface area contributed by atoms with Crippen LogP contribution in [0.3, 0.4) is 0 Å². The molecule has 1 heterocycles. The van der Waals surface area contributed by atoms with Gasteiger partial charge < -0.3 is 15.7 Å². The predicted molar refractivity (Wildman–Crippen MR) is 92.3 cm³/mol. The molecule has 0 aliphatic carbocycles. The van der Waals surface area contributed by atoms with E-state index in [2.05, 4.69) is 25.8 Å². The Morgan fingerprint density at radius 2 is 2.12 bits per heavy atom. The molecule has 0 bridgehead atoms. The summed E-state index contributed by atoms with van der Waals surface area (Å²) in [6.45, 7) is 6.61. The summed E-state index contributed by atoms with van der Waals surface area (Å²) in [6, 6.07) is 7.48. The first-order valence-electron chi connectivity index (χ1n) is 8.14. The van der Waals surface area contributed by atoms with Gasteiger partial charge in [0.05, 0.1) is 6.10 Å². The number of rotatable bonds is 7. The monoisotopic (exact) mass is 331 g/mol. The molecule has 4 N–H and O–H groups in total. The molecule has 130 valence electrons. The highest BCUT2D eigenvalue weighted by atomic mass is 16.3. The van der Waals surface area contributed by atoms with Gasteiger partial charge in [-0.3, -0.25) is 5.10 Å². The molecule has 7 nitrogen and oxygen atoms in total. The average molecular weight is 331 g/mol. The summed E-state index contributed by atoms with van der Waals surface area (Å²) in [5.74, 6) is 1.59. The van der Waals surface area contributed by atoms with E-state index in [0.29, 0.717) is 25.3 Å². The molecule has 0 fully saturated rings. The first kappa shape index (κ1) is 17.9. The first-order valence-corrected chi connectivity index (χ1v) is 8.14. The molecule has 0 aliphatic rings. The molecule has 1 aromatic carbocycles. The number of nitrogens with zero attached hydrogens (tertiary/aromatic N) is 2. The third-order valence-corrected chi connectivity index (χ3v) is 3.73. The van der Waals surface area contributed by atoms with Crippen LogP contribution >= 0.6 is 0 Å². The molecule has 1 unspecified atom stereocenters. The maximum absolute atomic E-state index is 11.8. The molecule has 0 aliphatic heterocycles. The number of hydrogen-bond donors (Lipinski definition) is 4. The Kier molecular flexibility index (Phi) is 6.31. The minimum absolute atomic E-state index is 0.192. The van der Waals surface area contributed by atoms with Crippen LogP contribution < -0.4 is 10.6 Å². The van der Waals surface area contributed by atoms with E-state index < -0.39 is 6.10 Å². The van der Waals surface area contributed by atoms with Crippen molar-refractivity contribution >= 4 is 6.03 Å². The lowest BCUT2D eigenvalue weighted by Crippen LogP contribution is -2.37. The zero-order valence-electron chi connectivity index (χ0n) is 14.3. The Labute approximate surface area is 141 Å². The van der Waals surface area contributed by atoms with E-state index in [9.17, 15) is 9.90 Å². The Balaban J connectivity index is 1.81. The standard InChI is InChI=1S/C17H25N5O2/c1-11(2)15(23)7-8-18-17(24)19-10-13-5-4-6-14(9-13)16-20-12(3)21-22-16/h4-6,9,11,15,23H,7-8,10H2,1-3H3,(H2,18,19,24)(H,20,21,22). The van der Waals surface area contributed by atoms with Crippen molar-refractivity contribution < 1.29 is 9.90 Å². The third-order valence-electron chi connectivity index (χ3n) is 3.73.